The van der Waals surface area contributed by atoms with Crippen LogP contribution in [-0.2, 0) is 14.3 Å². The van der Waals surface area contributed by atoms with E-state index in [2.05, 4.69) is 47.6 Å². The maximum Gasteiger partial charge on any atom is 0.306 e. The maximum absolute atomic E-state index is 12.2. The molecule has 2 N–H and O–H groups in total. The average molecular weight is 514 g/mol. The number of nitrogens with two attached hydrogens (primary N) is 1. The Bertz CT molecular complexity index is 864. The molecule has 1 amide bonds. The zero-order chi connectivity index (χ0) is 27.0. The number of carbonyl (C=O) groups is 2. The summed E-state index contributed by atoms with van der Waals surface area (Å²) in [6.45, 7) is 14.9. The van der Waals surface area contributed by atoms with Crippen molar-refractivity contribution < 1.29 is 14.3 Å². The van der Waals surface area contributed by atoms with Gasteiger partial charge in [-0.2, -0.15) is 0 Å². The smallest absolute Gasteiger partial charge is 0.306 e. The number of hydrogen-bond donors (Lipinski definition) is 1. The molecule has 0 aromatic carbocycles. The van der Waals surface area contributed by atoms with Crippen molar-refractivity contribution in [2.24, 2.45) is 58.0 Å². The quantitative estimate of drug-likeness (QED) is 0.239. The molecule has 0 heterocycles. The van der Waals surface area contributed by atoms with Gasteiger partial charge in [-0.25, -0.2) is 0 Å². The van der Waals surface area contributed by atoms with Crippen molar-refractivity contribution in [3.63, 3.8) is 0 Å². The maximum atomic E-state index is 12.2. The highest BCUT2D eigenvalue weighted by atomic mass is 16.5. The van der Waals surface area contributed by atoms with Crippen LogP contribution < -0.4 is 5.73 Å². The molecular weight excluding hydrogens is 458 g/mol. The standard InChI is InChI=1S/C33H55NO3/c1-7-23(21(2)3)9-8-22(4)27-12-13-28-26-11-10-24-20-25(37-31(36)15-14-30(34)35)16-18-32(24,5)29(26)17-19-33(27,28)6/h10,21-23,25-29H,7-9,11-20H2,1-6H3,(H2,34,35)/t22?,23-,25?,26?,27?,28?,29?,32?,33?/m1/s1. The monoisotopic (exact) mass is 513 g/mol. The summed E-state index contributed by atoms with van der Waals surface area (Å²) in [4.78, 5) is 23.2. The normalized spacial score (nSPS) is 38.7. The van der Waals surface area contributed by atoms with Crippen LogP contribution in [0.5, 0.6) is 0 Å². The van der Waals surface area contributed by atoms with Crippen LogP contribution in [0.2, 0.25) is 0 Å². The van der Waals surface area contributed by atoms with E-state index >= 15 is 0 Å². The van der Waals surface area contributed by atoms with Crippen LogP contribution in [0.1, 0.15) is 125 Å². The van der Waals surface area contributed by atoms with Gasteiger partial charge in [-0.05, 0) is 104 Å². The van der Waals surface area contributed by atoms with Crippen LogP contribution in [0.4, 0.5) is 0 Å². The average Bonchev–Trinajstić information content (AvgIpc) is 3.20. The fourth-order valence-electron chi connectivity index (χ4n) is 9.86. The lowest BCUT2D eigenvalue weighted by Crippen LogP contribution is -2.51. The molecule has 4 rings (SSSR count). The Morgan fingerprint density at radius 1 is 1.03 bits per heavy atom. The van der Waals surface area contributed by atoms with Crippen LogP contribution >= 0.6 is 0 Å². The highest BCUT2D eigenvalue weighted by Crippen LogP contribution is 2.67. The first kappa shape index (κ1) is 28.7. The number of carbonyl (C=O) groups excluding carboxylic acids is 2. The Labute approximate surface area is 226 Å². The molecule has 0 aromatic rings. The zero-order valence-electron chi connectivity index (χ0n) is 24.7. The molecule has 0 aliphatic heterocycles. The SMILES string of the molecule is CC[C@H](CCC(C)C1CCC2C3CC=C4CC(OC(=O)CCC(N)=O)CCC4(C)C3CCC12C)C(C)C. The third-order valence-electron chi connectivity index (χ3n) is 12.2. The Morgan fingerprint density at radius 3 is 2.46 bits per heavy atom. The highest BCUT2D eigenvalue weighted by Gasteiger charge is 2.59. The van der Waals surface area contributed by atoms with Gasteiger partial charge in [0.2, 0.25) is 5.91 Å². The molecule has 210 valence electrons. The van der Waals surface area contributed by atoms with Crippen molar-refractivity contribution >= 4 is 11.9 Å². The first-order valence-corrected chi connectivity index (χ1v) is 15.7. The number of fused-ring (bicyclic) bond motifs is 5. The minimum absolute atomic E-state index is 0.0420. The fraction of sp³-hybridized carbons (Fsp3) is 0.879. The Balaban J connectivity index is 1.40. The number of amides is 1. The molecule has 9 atom stereocenters. The van der Waals surface area contributed by atoms with Gasteiger partial charge in [0.15, 0.2) is 0 Å². The molecule has 4 aliphatic rings. The second kappa shape index (κ2) is 11.4. The third kappa shape index (κ3) is 5.69. The van der Waals surface area contributed by atoms with Crippen molar-refractivity contribution in [3.05, 3.63) is 11.6 Å². The van der Waals surface area contributed by atoms with Gasteiger partial charge < -0.3 is 10.5 Å². The molecule has 3 saturated carbocycles. The van der Waals surface area contributed by atoms with E-state index in [-0.39, 0.29) is 30.3 Å². The van der Waals surface area contributed by atoms with E-state index in [1.165, 1.54) is 51.4 Å². The van der Waals surface area contributed by atoms with Gasteiger partial charge in [0.25, 0.3) is 0 Å². The predicted octanol–water partition coefficient (Wildman–Crippen LogP) is 7.84. The van der Waals surface area contributed by atoms with E-state index in [4.69, 9.17) is 10.5 Å². The molecule has 37 heavy (non-hydrogen) atoms. The van der Waals surface area contributed by atoms with Gasteiger partial charge in [-0.1, -0.05) is 66.0 Å². The molecule has 0 aromatic heterocycles. The fourth-order valence-corrected chi connectivity index (χ4v) is 9.86. The Hall–Kier alpha value is -1.32. The lowest BCUT2D eigenvalue weighted by Gasteiger charge is -2.58. The summed E-state index contributed by atoms with van der Waals surface area (Å²) >= 11 is 0. The van der Waals surface area contributed by atoms with Gasteiger partial charge in [0.1, 0.15) is 6.10 Å². The molecule has 4 aliphatic carbocycles. The van der Waals surface area contributed by atoms with E-state index in [0.29, 0.717) is 5.41 Å². The number of rotatable bonds is 10. The van der Waals surface area contributed by atoms with Crippen molar-refractivity contribution in [2.75, 3.05) is 0 Å². The van der Waals surface area contributed by atoms with Crippen LogP contribution in [0, 0.1) is 52.3 Å². The Kier molecular flexibility index (Phi) is 8.86. The number of primary amides is 1. The Morgan fingerprint density at radius 2 is 1.78 bits per heavy atom. The van der Waals surface area contributed by atoms with Gasteiger partial charge >= 0.3 is 5.97 Å². The van der Waals surface area contributed by atoms with Crippen molar-refractivity contribution in [2.45, 2.75) is 131 Å². The second-order valence-corrected chi connectivity index (χ2v) is 14.3. The lowest BCUT2D eigenvalue weighted by atomic mass is 9.47. The molecule has 8 unspecified atom stereocenters. The van der Waals surface area contributed by atoms with Crippen LogP contribution in [0.25, 0.3) is 0 Å². The van der Waals surface area contributed by atoms with Crippen molar-refractivity contribution in [1.82, 2.24) is 0 Å². The first-order chi connectivity index (χ1) is 17.5. The molecule has 0 saturated heterocycles. The second-order valence-electron chi connectivity index (χ2n) is 14.3. The highest BCUT2D eigenvalue weighted by molar-refractivity contribution is 5.80. The summed E-state index contributed by atoms with van der Waals surface area (Å²) in [6.07, 6.45) is 16.6. The summed E-state index contributed by atoms with van der Waals surface area (Å²) in [5, 5.41) is 0. The zero-order valence-corrected chi connectivity index (χ0v) is 24.7. The number of esters is 1. The molecular formula is C33H55NO3. The van der Waals surface area contributed by atoms with Crippen LogP contribution in [-0.4, -0.2) is 18.0 Å². The number of ether oxygens (including phenoxy) is 1. The summed E-state index contributed by atoms with van der Waals surface area (Å²) in [5.41, 5.74) is 7.51. The van der Waals surface area contributed by atoms with E-state index in [0.717, 1.165) is 60.7 Å². The molecule has 3 fully saturated rings. The summed E-state index contributed by atoms with van der Waals surface area (Å²) in [5.74, 6) is 5.14. The first-order valence-electron chi connectivity index (χ1n) is 15.7. The summed E-state index contributed by atoms with van der Waals surface area (Å²) in [6, 6.07) is 0. The molecule has 4 nitrogen and oxygen atoms in total. The van der Waals surface area contributed by atoms with E-state index in [9.17, 15) is 9.59 Å². The molecule has 0 radical (unpaired) electrons. The molecule has 4 heteroatoms. The van der Waals surface area contributed by atoms with Gasteiger partial charge in [0, 0.05) is 12.8 Å². The number of hydrogen-bond acceptors (Lipinski definition) is 3. The number of allylic oxidation sites excluding steroid dienone is 1. The van der Waals surface area contributed by atoms with E-state index < -0.39 is 5.91 Å². The van der Waals surface area contributed by atoms with Gasteiger partial charge in [0.05, 0.1) is 6.42 Å². The predicted molar refractivity (Wildman–Crippen MR) is 151 cm³/mol. The molecule has 0 spiro atoms. The van der Waals surface area contributed by atoms with E-state index in [1.54, 1.807) is 5.57 Å². The van der Waals surface area contributed by atoms with Crippen LogP contribution in [0.3, 0.4) is 0 Å². The largest absolute Gasteiger partial charge is 0.462 e. The third-order valence-corrected chi connectivity index (χ3v) is 12.2. The lowest BCUT2D eigenvalue weighted by molar-refractivity contribution is -0.152. The topological polar surface area (TPSA) is 69.4 Å². The minimum Gasteiger partial charge on any atom is -0.462 e. The van der Waals surface area contributed by atoms with Gasteiger partial charge in [-0.15, -0.1) is 0 Å². The van der Waals surface area contributed by atoms with E-state index in [1.807, 2.05) is 0 Å². The van der Waals surface area contributed by atoms with Gasteiger partial charge in [-0.3, -0.25) is 9.59 Å². The summed E-state index contributed by atoms with van der Waals surface area (Å²) in [7, 11) is 0. The molecule has 0 bridgehead atoms. The van der Waals surface area contributed by atoms with Crippen LogP contribution in [0.15, 0.2) is 11.6 Å². The van der Waals surface area contributed by atoms with Crippen molar-refractivity contribution in [1.29, 1.82) is 0 Å². The minimum atomic E-state index is -0.442. The summed E-state index contributed by atoms with van der Waals surface area (Å²) < 4.78 is 5.77. The van der Waals surface area contributed by atoms with Crippen molar-refractivity contribution in [3.8, 4) is 0 Å².